The smallest absolute Gasteiger partial charge is 0.140 e. The van der Waals surface area contributed by atoms with Gasteiger partial charge in [0.2, 0.25) is 0 Å². The number of aromatic nitrogens is 4. The molecule has 0 spiro atoms. The molecule has 4 nitrogen and oxygen atoms in total. The summed E-state index contributed by atoms with van der Waals surface area (Å²) in [6, 6.07) is 20.7. The molecule has 28 heavy (non-hydrogen) atoms. The van der Waals surface area contributed by atoms with Gasteiger partial charge in [-0.15, -0.1) is 0 Å². The highest BCUT2D eigenvalue weighted by atomic mass is 15.1. The molecule has 4 heteroatoms. The van der Waals surface area contributed by atoms with Gasteiger partial charge in [-0.3, -0.25) is 0 Å². The van der Waals surface area contributed by atoms with Gasteiger partial charge in [0, 0.05) is 36.6 Å². The molecule has 0 fully saturated rings. The van der Waals surface area contributed by atoms with Gasteiger partial charge >= 0.3 is 0 Å². The topological polar surface area (TPSA) is 35.6 Å². The van der Waals surface area contributed by atoms with Crippen LogP contribution in [0.1, 0.15) is 22.8 Å². The lowest BCUT2D eigenvalue weighted by molar-refractivity contribution is 0.840. The summed E-state index contributed by atoms with van der Waals surface area (Å²) in [6.45, 7) is 4.30. The molecule has 0 radical (unpaired) electrons. The predicted molar refractivity (Wildman–Crippen MR) is 114 cm³/mol. The molecule has 4 rings (SSSR count). The van der Waals surface area contributed by atoms with Crippen molar-refractivity contribution in [3.8, 4) is 22.8 Å². The molecule has 2 aromatic heterocycles. The van der Waals surface area contributed by atoms with E-state index in [2.05, 4.69) is 85.6 Å². The molecule has 2 heterocycles. The van der Waals surface area contributed by atoms with Gasteiger partial charge in [-0.2, -0.15) is 0 Å². The van der Waals surface area contributed by atoms with E-state index >= 15 is 0 Å². The van der Waals surface area contributed by atoms with Crippen molar-refractivity contribution < 1.29 is 0 Å². The molecule has 0 N–H and O–H groups in total. The van der Waals surface area contributed by atoms with E-state index in [0.717, 1.165) is 47.0 Å². The van der Waals surface area contributed by atoms with Crippen LogP contribution in [0.4, 0.5) is 0 Å². The molecule has 0 aliphatic heterocycles. The van der Waals surface area contributed by atoms with Crippen LogP contribution in [0.25, 0.3) is 22.8 Å². The molecule has 2 aromatic carbocycles. The number of hydrogen-bond acceptors (Lipinski definition) is 2. The van der Waals surface area contributed by atoms with Crippen LogP contribution < -0.4 is 0 Å². The summed E-state index contributed by atoms with van der Waals surface area (Å²) >= 11 is 0. The van der Waals surface area contributed by atoms with Gasteiger partial charge in [0.05, 0.1) is 11.4 Å². The fraction of sp³-hybridized carbons (Fsp3) is 0.250. The van der Waals surface area contributed by atoms with Crippen molar-refractivity contribution in [3.63, 3.8) is 0 Å². The SMILES string of the molecule is Cc1c(CCc2nc(-c3ccccc3)n(C)c2C)nc(-c2ccccc2)n1C. The summed E-state index contributed by atoms with van der Waals surface area (Å²) in [7, 11) is 4.18. The lowest BCUT2D eigenvalue weighted by Gasteiger charge is -2.03. The van der Waals surface area contributed by atoms with Crippen LogP contribution in [0.2, 0.25) is 0 Å². The Kier molecular flexibility index (Phi) is 4.86. The molecule has 0 saturated carbocycles. The Morgan fingerprint density at radius 1 is 0.607 bits per heavy atom. The van der Waals surface area contributed by atoms with E-state index in [1.807, 2.05) is 12.1 Å². The number of imidazole rings is 2. The number of nitrogens with zero attached hydrogens (tertiary/aromatic N) is 4. The number of aryl methyl sites for hydroxylation is 2. The van der Waals surface area contributed by atoms with Gasteiger partial charge in [-0.25, -0.2) is 9.97 Å². The standard InChI is InChI=1S/C24H26N4/c1-17-21(25-23(27(17)3)19-11-7-5-8-12-19)15-16-22-18(2)28(4)24(26-22)20-13-9-6-10-14-20/h5-14H,15-16H2,1-4H3. The van der Waals surface area contributed by atoms with Crippen molar-refractivity contribution in [2.24, 2.45) is 14.1 Å². The zero-order valence-electron chi connectivity index (χ0n) is 17.0. The minimum Gasteiger partial charge on any atom is -0.331 e. The monoisotopic (exact) mass is 370 g/mol. The second-order valence-electron chi connectivity index (χ2n) is 7.29. The summed E-state index contributed by atoms with van der Waals surface area (Å²) in [5.74, 6) is 2.05. The Hall–Kier alpha value is -3.14. The third-order valence-electron chi connectivity index (χ3n) is 5.62. The second kappa shape index (κ2) is 7.47. The molecular formula is C24H26N4. The lowest BCUT2D eigenvalue weighted by Crippen LogP contribution is -1.99. The fourth-order valence-electron chi connectivity index (χ4n) is 3.67. The van der Waals surface area contributed by atoms with Crippen LogP contribution >= 0.6 is 0 Å². The number of rotatable bonds is 5. The second-order valence-corrected chi connectivity index (χ2v) is 7.29. The normalized spacial score (nSPS) is 11.1. The van der Waals surface area contributed by atoms with Crippen LogP contribution in [0.5, 0.6) is 0 Å². The van der Waals surface area contributed by atoms with Crippen molar-refractivity contribution in [1.29, 1.82) is 0 Å². The maximum atomic E-state index is 4.94. The van der Waals surface area contributed by atoms with Crippen molar-refractivity contribution in [1.82, 2.24) is 19.1 Å². The highest BCUT2D eigenvalue weighted by Crippen LogP contribution is 2.24. The molecular weight excluding hydrogens is 344 g/mol. The van der Waals surface area contributed by atoms with E-state index in [9.17, 15) is 0 Å². The van der Waals surface area contributed by atoms with Crippen LogP contribution in [0, 0.1) is 13.8 Å². The largest absolute Gasteiger partial charge is 0.331 e. The van der Waals surface area contributed by atoms with Crippen LogP contribution in [-0.2, 0) is 26.9 Å². The summed E-state index contributed by atoms with van der Waals surface area (Å²) in [4.78, 5) is 9.88. The Balaban J connectivity index is 1.59. The van der Waals surface area contributed by atoms with Crippen molar-refractivity contribution in [3.05, 3.63) is 83.4 Å². The van der Waals surface area contributed by atoms with Crippen molar-refractivity contribution in [2.75, 3.05) is 0 Å². The Morgan fingerprint density at radius 2 is 0.964 bits per heavy atom. The van der Waals surface area contributed by atoms with Crippen molar-refractivity contribution >= 4 is 0 Å². The third-order valence-corrected chi connectivity index (χ3v) is 5.62. The minimum atomic E-state index is 0.887. The molecule has 0 aliphatic rings. The van der Waals surface area contributed by atoms with E-state index in [0.29, 0.717) is 0 Å². The van der Waals surface area contributed by atoms with E-state index in [1.54, 1.807) is 0 Å². The minimum absolute atomic E-state index is 0.887. The maximum Gasteiger partial charge on any atom is 0.140 e. The average Bonchev–Trinajstić information content (AvgIpc) is 3.18. The molecule has 142 valence electrons. The van der Waals surface area contributed by atoms with E-state index < -0.39 is 0 Å². The van der Waals surface area contributed by atoms with Gasteiger partial charge in [0.25, 0.3) is 0 Å². The Bertz CT molecular complexity index is 999. The Morgan fingerprint density at radius 3 is 1.32 bits per heavy atom. The van der Waals surface area contributed by atoms with E-state index in [-0.39, 0.29) is 0 Å². The number of hydrogen-bond donors (Lipinski definition) is 0. The third kappa shape index (κ3) is 3.26. The molecule has 0 unspecified atom stereocenters. The molecule has 0 bridgehead atoms. The summed E-state index contributed by atoms with van der Waals surface area (Å²) in [6.07, 6.45) is 1.77. The summed E-state index contributed by atoms with van der Waals surface area (Å²) < 4.78 is 4.37. The summed E-state index contributed by atoms with van der Waals surface area (Å²) in [5.41, 5.74) is 7.03. The first kappa shape index (κ1) is 18.2. The zero-order valence-corrected chi connectivity index (χ0v) is 17.0. The zero-order chi connectivity index (χ0) is 19.7. The predicted octanol–water partition coefficient (Wildman–Crippen LogP) is 4.89. The number of benzene rings is 2. The quantitative estimate of drug-likeness (QED) is 0.501. The average molecular weight is 371 g/mol. The summed E-state index contributed by atoms with van der Waals surface area (Å²) in [5, 5.41) is 0. The first-order valence-electron chi connectivity index (χ1n) is 9.71. The highest BCUT2D eigenvalue weighted by molar-refractivity contribution is 5.57. The lowest BCUT2D eigenvalue weighted by atomic mass is 10.1. The molecule has 4 aromatic rings. The van der Waals surface area contributed by atoms with Crippen LogP contribution in [0.3, 0.4) is 0 Å². The van der Waals surface area contributed by atoms with Crippen molar-refractivity contribution in [2.45, 2.75) is 26.7 Å². The van der Waals surface area contributed by atoms with Crippen LogP contribution in [0.15, 0.2) is 60.7 Å². The van der Waals surface area contributed by atoms with Gasteiger partial charge in [-0.1, -0.05) is 60.7 Å². The first-order chi connectivity index (χ1) is 13.6. The van der Waals surface area contributed by atoms with E-state index in [4.69, 9.17) is 9.97 Å². The van der Waals surface area contributed by atoms with Crippen LogP contribution in [-0.4, -0.2) is 19.1 Å². The highest BCUT2D eigenvalue weighted by Gasteiger charge is 2.16. The maximum absolute atomic E-state index is 4.94. The van der Waals surface area contributed by atoms with Gasteiger partial charge in [-0.05, 0) is 26.7 Å². The molecule has 0 atom stereocenters. The molecule has 0 saturated heterocycles. The first-order valence-corrected chi connectivity index (χ1v) is 9.71. The Labute approximate surface area is 166 Å². The van der Waals surface area contributed by atoms with Gasteiger partial charge in [0.1, 0.15) is 11.6 Å². The van der Waals surface area contributed by atoms with E-state index in [1.165, 1.54) is 11.4 Å². The van der Waals surface area contributed by atoms with Gasteiger partial charge in [0.15, 0.2) is 0 Å². The fourth-order valence-corrected chi connectivity index (χ4v) is 3.67. The molecule has 0 aliphatic carbocycles. The molecule has 0 amide bonds. The van der Waals surface area contributed by atoms with Gasteiger partial charge < -0.3 is 9.13 Å².